The van der Waals surface area contributed by atoms with Gasteiger partial charge in [0.25, 0.3) is 0 Å². The molecule has 0 aliphatic carbocycles. The fourth-order valence-corrected chi connectivity index (χ4v) is 3.36. The Hall–Kier alpha value is -2.22. The molecule has 1 aromatic rings. The molecule has 2 unspecified atom stereocenters. The highest BCUT2D eigenvalue weighted by Gasteiger charge is 2.29. The standard InChI is InChI=1S/C20H27ClN4O3/c1-14(20(28)24-19-6-5-18(21)10-23-19)25-7-3-4-16(11-25)17(9-22-2)8-15(12-26)13-27/h5-6,8-10,12,14,16,22,27H,3-4,7,11,13H2,1-2H3,(H,23,24,28)/b15-8+,17-9+. The van der Waals surface area contributed by atoms with Crippen molar-refractivity contribution in [2.45, 2.75) is 25.8 Å². The van der Waals surface area contributed by atoms with Crippen molar-refractivity contribution in [1.29, 1.82) is 0 Å². The summed E-state index contributed by atoms with van der Waals surface area (Å²) in [5.74, 6) is 0.493. The van der Waals surface area contributed by atoms with E-state index in [0.717, 1.165) is 25.0 Å². The number of nitrogens with zero attached hydrogens (tertiary/aromatic N) is 2. The SMILES string of the molecule is CN/C=C(\C=C(/C=O)CO)C1CCCN(C(C)C(=O)Nc2ccc(Cl)cn2)C1. The van der Waals surface area contributed by atoms with Gasteiger partial charge in [-0.2, -0.15) is 0 Å². The van der Waals surface area contributed by atoms with Crippen LogP contribution in [0, 0.1) is 5.92 Å². The maximum Gasteiger partial charge on any atom is 0.242 e. The van der Waals surface area contributed by atoms with Gasteiger partial charge in [0, 0.05) is 25.4 Å². The number of aromatic nitrogens is 1. The predicted molar refractivity (Wildman–Crippen MR) is 110 cm³/mol. The van der Waals surface area contributed by atoms with E-state index >= 15 is 0 Å². The van der Waals surface area contributed by atoms with Gasteiger partial charge >= 0.3 is 0 Å². The molecule has 0 radical (unpaired) electrons. The van der Waals surface area contributed by atoms with Gasteiger partial charge in [-0.25, -0.2) is 4.98 Å². The third-order valence-corrected chi connectivity index (χ3v) is 5.05. The lowest BCUT2D eigenvalue weighted by Gasteiger charge is -2.36. The van der Waals surface area contributed by atoms with E-state index in [2.05, 4.69) is 20.5 Å². The Morgan fingerprint density at radius 2 is 2.29 bits per heavy atom. The largest absolute Gasteiger partial charge is 0.394 e. The van der Waals surface area contributed by atoms with Gasteiger partial charge in [0.15, 0.2) is 0 Å². The summed E-state index contributed by atoms with van der Waals surface area (Å²) in [5, 5.41) is 15.6. The molecule has 1 fully saturated rings. The Balaban J connectivity index is 2.06. The van der Waals surface area contributed by atoms with Crippen LogP contribution in [-0.2, 0) is 9.59 Å². The van der Waals surface area contributed by atoms with Crippen LogP contribution in [0.1, 0.15) is 19.8 Å². The normalized spacial score (nSPS) is 19.8. The number of aldehydes is 1. The predicted octanol–water partition coefficient (Wildman–Crippen LogP) is 1.99. The van der Waals surface area contributed by atoms with Crippen molar-refractivity contribution in [1.82, 2.24) is 15.2 Å². The lowest BCUT2D eigenvalue weighted by Crippen LogP contribution is -2.47. The number of hydrogen-bond acceptors (Lipinski definition) is 6. The number of carbonyl (C=O) groups excluding carboxylic acids is 2. The third kappa shape index (κ3) is 6.15. The number of likely N-dealkylation sites (tertiary alicyclic amines) is 1. The van der Waals surface area contributed by atoms with Gasteiger partial charge in [-0.1, -0.05) is 11.6 Å². The number of hydrogen-bond donors (Lipinski definition) is 3. The van der Waals surface area contributed by atoms with E-state index in [4.69, 9.17) is 11.6 Å². The van der Waals surface area contributed by atoms with Crippen molar-refractivity contribution < 1.29 is 14.7 Å². The van der Waals surface area contributed by atoms with Crippen LogP contribution >= 0.6 is 11.6 Å². The first-order chi connectivity index (χ1) is 13.5. The molecule has 28 heavy (non-hydrogen) atoms. The molecule has 2 atom stereocenters. The van der Waals surface area contributed by atoms with Crippen LogP contribution in [0.4, 0.5) is 5.82 Å². The zero-order chi connectivity index (χ0) is 20.5. The molecule has 1 amide bonds. The highest BCUT2D eigenvalue weighted by Crippen LogP contribution is 2.26. The van der Waals surface area contributed by atoms with E-state index in [0.29, 0.717) is 29.2 Å². The monoisotopic (exact) mass is 406 g/mol. The minimum atomic E-state index is -0.330. The topological polar surface area (TPSA) is 94.6 Å². The van der Waals surface area contributed by atoms with Gasteiger partial charge < -0.3 is 15.7 Å². The zero-order valence-electron chi connectivity index (χ0n) is 16.2. The molecule has 3 N–H and O–H groups in total. The number of pyridine rings is 1. The van der Waals surface area contributed by atoms with E-state index < -0.39 is 0 Å². The van der Waals surface area contributed by atoms with Gasteiger partial charge in [0.05, 0.1) is 17.7 Å². The molecule has 0 aromatic carbocycles. The Morgan fingerprint density at radius 1 is 1.50 bits per heavy atom. The summed E-state index contributed by atoms with van der Waals surface area (Å²) in [5.41, 5.74) is 1.27. The summed E-state index contributed by atoms with van der Waals surface area (Å²) in [6.07, 6.45) is 7.61. The number of aliphatic hydroxyl groups excluding tert-OH is 1. The molecule has 1 aliphatic rings. The summed E-state index contributed by atoms with van der Waals surface area (Å²) < 4.78 is 0. The van der Waals surface area contributed by atoms with E-state index in [1.165, 1.54) is 6.20 Å². The average Bonchev–Trinajstić information content (AvgIpc) is 2.72. The average molecular weight is 407 g/mol. The van der Waals surface area contributed by atoms with Crippen molar-refractivity contribution >= 4 is 29.6 Å². The second kappa shape index (κ2) is 10.9. The first-order valence-electron chi connectivity index (χ1n) is 9.28. The summed E-state index contributed by atoms with van der Waals surface area (Å²) in [6, 6.07) is 3.02. The Labute approximate surface area is 170 Å². The van der Waals surface area contributed by atoms with Crippen LogP contribution in [0.25, 0.3) is 0 Å². The van der Waals surface area contributed by atoms with E-state index in [1.54, 1.807) is 25.3 Å². The maximum absolute atomic E-state index is 12.6. The lowest BCUT2D eigenvalue weighted by molar-refractivity contribution is -0.121. The maximum atomic E-state index is 12.6. The number of halogens is 1. The molecule has 0 spiro atoms. The van der Waals surface area contributed by atoms with Crippen LogP contribution in [0.15, 0.2) is 41.8 Å². The molecule has 0 saturated carbocycles. The molecule has 1 saturated heterocycles. The van der Waals surface area contributed by atoms with Gasteiger partial charge in [0.1, 0.15) is 12.1 Å². The Morgan fingerprint density at radius 3 is 2.89 bits per heavy atom. The summed E-state index contributed by atoms with van der Waals surface area (Å²) in [4.78, 5) is 29.9. The van der Waals surface area contributed by atoms with Gasteiger partial charge in [-0.05, 0) is 62.2 Å². The molecule has 0 bridgehead atoms. The number of nitrogens with one attached hydrogen (secondary N) is 2. The van der Waals surface area contributed by atoms with Crippen molar-refractivity contribution in [3.05, 3.63) is 46.8 Å². The summed E-state index contributed by atoms with van der Waals surface area (Å²) >= 11 is 5.82. The highest BCUT2D eigenvalue weighted by atomic mass is 35.5. The van der Waals surface area contributed by atoms with Crippen LogP contribution in [0.3, 0.4) is 0 Å². The molecule has 8 heteroatoms. The van der Waals surface area contributed by atoms with Gasteiger partial charge in [-0.3, -0.25) is 14.5 Å². The van der Waals surface area contributed by atoms with Crippen molar-refractivity contribution in [2.75, 3.05) is 32.1 Å². The Kier molecular flexibility index (Phi) is 8.63. The minimum absolute atomic E-state index is 0.130. The smallest absolute Gasteiger partial charge is 0.242 e. The quantitative estimate of drug-likeness (QED) is 0.347. The second-order valence-electron chi connectivity index (χ2n) is 6.79. The van der Waals surface area contributed by atoms with Crippen LogP contribution < -0.4 is 10.6 Å². The second-order valence-corrected chi connectivity index (χ2v) is 7.23. The van der Waals surface area contributed by atoms with Crippen molar-refractivity contribution in [2.24, 2.45) is 5.92 Å². The van der Waals surface area contributed by atoms with Crippen LogP contribution in [0.5, 0.6) is 0 Å². The van der Waals surface area contributed by atoms with Gasteiger partial charge in [-0.15, -0.1) is 0 Å². The van der Waals surface area contributed by atoms with E-state index in [1.807, 2.05) is 13.1 Å². The number of amides is 1. The molecular formula is C20H27ClN4O3. The van der Waals surface area contributed by atoms with E-state index in [9.17, 15) is 14.7 Å². The van der Waals surface area contributed by atoms with E-state index in [-0.39, 0.29) is 24.5 Å². The fraction of sp³-hybridized carbons (Fsp3) is 0.450. The number of allylic oxidation sites excluding steroid dienone is 1. The summed E-state index contributed by atoms with van der Waals surface area (Å²) in [7, 11) is 1.79. The first kappa shape index (κ1) is 22.1. The highest BCUT2D eigenvalue weighted by molar-refractivity contribution is 6.30. The van der Waals surface area contributed by atoms with Crippen LogP contribution in [-0.4, -0.2) is 60.0 Å². The number of anilines is 1. The minimum Gasteiger partial charge on any atom is -0.394 e. The molecule has 152 valence electrons. The number of aliphatic hydroxyl groups is 1. The Bertz CT molecular complexity index is 733. The number of rotatable bonds is 8. The van der Waals surface area contributed by atoms with Crippen molar-refractivity contribution in [3.8, 4) is 0 Å². The number of piperidine rings is 1. The third-order valence-electron chi connectivity index (χ3n) is 4.83. The molecule has 2 heterocycles. The first-order valence-corrected chi connectivity index (χ1v) is 9.66. The van der Waals surface area contributed by atoms with Crippen LogP contribution in [0.2, 0.25) is 5.02 Å². The summed E-state index contributed by atoms with van der Waals surface area (Å²) in [6.45, 7) is 3.07. The molecule has 1 aliphatic heterocycles. The number of carbonyl (C=O) groups is 2. The molecule has 2 rings (SSSR count). The molecular weight excluding hydrogens is 380 g/mol. The lowest BCUT2D eigenvalue weighted by atomic mass is 9.89. The molecule has 1 aromatic heterocycles. The zero-order valence-corrected chi connectivity index (χ0v) is 16.9. The van der Waals surface area contributed by atoms with Crippen molar-refractivity contribution in [3.63, 3.8) is 0 Å². The van der Waals surface area contributed by atoms with Gasteiger partial charge in [0.2, 0.25) is 5.91 Å². The fourth-order valence-electron chi connectivity index (χ4n) is 3.25. The molecule has 7 nitrogen and oxygen atoms in total.